The predicted molar refractivity (Wildman–Crippen MR) is 43.1 cm³/mol. The molecule has 1 fully saturated rings. The molecule has 0 heterocycles. The van der Waals surface area contributed by atoms with Crippen LogP contribution in [0.4, 0.5) is 8.78 Å². The first kappa shape index (κ1) is 9.90. The summed E-state index contributed by atoms with van der Waals surface area (Å²) in [6, 6.07) is 0. The van der Waals surface area contributed by atoms with E-state index in [1.54, 1.807) is 0 Å². The molecule has 12 heavy (non-hydrogen) atoms. The average molecular weight is 178 g/mol. The summed E-state index contributed by atoms with van der Waals surface area (Å²) in [5.74, 6) is 0.175. The SMILES string of the molecule is COC(F)(F)CC1CCCCC1. The van der Waals surface area contributed by atoms with Crippen LogP contribution in [0.15, 0.2) is 0 Å². The van der Waals surface area contributed by atoms with Gasteiger partial charge in [-0.25, -0.2) is 0 Å². The van der Waals surface area contributed by atoms with Gasteiger partial charge in [-0.05, 0) is 5.92 Å². The molecule has 0 aliphatic heterocycles. The molecule has 0 saturated heterocycles. The summed E-state index contributed by atoms with van der Waals surface area (Å²) < 4.78 is 29.5. The molecule has 0 bridgehead atoms. The van der Waals surface area contributed by atoms with Gasteiger partial charge < -0.3 is 4.74 Å². The van der Waals surface area contributed by atoms with Crippen molar-refractivity contribution in [1.29, 1.82) is 0 Å². The highest BCUT2D eigenvalue weighted by Gasteiger charge is 2.32. The normalized spacial score (nSPS) is 21.2. The largest absolute Gasteiger partial charge is 0.355 e. The van der Waals surface area contributed by atoms with Gasteiger partial charge in [0.05, 0.1) is 0 Å². The number of alkyl halides is 2. The molecule has 0 N–H and O–H groups in total. The van der Waals surface area contributed by atoms with E-state index in [0.717, 1.165) is 32.8 Å². The van der Waals surface area contributed by atoms with E-state index in [2.05, 4.69) is 4.74 Å². The van der Waals surface area contributed by atoms with E-state index in [1.165, 1.54) is 6.42 Å². The molecule has 1 nitrogen and oxygen atoms in total. The monoisotopic (exact) mass is 178 g/mol. The van der Waals surface area contributed by atoms with E-state index < -0.39 is 6.11 Å². The number of rotatable bonds is 3. The topological polar surface area (TPSA) is 9.23 Å². The van der Waals surface area contributed by atoms with Gasteiger partial charge in [-0.1, -0.05) is 32.1 Å². The van der Waals surface area contributed by atoms with Crippen LogP contribution in [0.3, 0.4) is 0 Å². The molecular weight excluding hydrogens is 162 g/mol. The van der Waals surface area contributed by atoms with Gasteiger partial charge in [0.2, 0.25) is 0 Å². The number of hydrogen-bond donors (Lipinski definition) is 0. The maximum Gasteiger partial charge on any atom is 0.355 e. The van der Waals surface area contributed by atoms with Crippen molar-refractivity contribution in [3.63, 3.8) is 0 Å². The fraction of sp³-hybridized carbons (Fsp3) is 1.00. The lowest BCUT2D eigenvalue weighted by Gasteiger charge is -2.24. The third kappa shape index (κ3) is 3.05. The van der Waals surface area contributed by atoms with Crippen LogP contribution in [0.1, 0.15) is 38.5 Å². The molecule has 0 atom stereocenters. The first-order valence-corrected chi connectivity index (χ1v) is 4.57. The van der Waals surface area contributed by atoms with E-state index in [9.17, 15) is 8.78 Å². The quantitative estimate of drug-likeness (QED) is 0.644. The number of hydrogen-bond acceptors (Lipinski definition) is 1. The number of halogens is 2. The molecule has 0 unspecified atom stereocenters. The van der Waals surface area contributed by atoms with Crippen molar-refractivity contribution < 1.29 is 13.5 Å². The molecule has 0 spiro atoms. The Bertz CT molecular complexity index is 130. The van der Waals surface area contributed by atoms with Gasteiger partial charge in [0.25, 0.3) is 0 Å². The molecule has 1 saturated carbocycles. The number of methoxy groups -OCH3 is 1. The fourth-order valence-corrected chi connectivity index (χ4v) is 1.81. The molecule has 0 radical (unpaired) electrons. The van der Waals surface area contributed by atoms with Crippen molar-refractivity contribution in [3.8, 4) is 0 Å². The molecule has 1 rings (SSSR count). The second-order valence-electron chi connectivity index (χ2n) is 3.55. The Morgan fingerprint density at radius 1 is 1.25 bits per heavy atom. The van der Waals surface area contributed by atoms with Gasteiger partial charge in [0.1, 0.15) is 0 Å². The molecule has 1 aliphatic carbocycles. The van der Waals surface area contributed by atoms with Crippen LogP contribution in [0.5, 0.6) is 0 Å². The standard InChI is InChI=1S/C9H16F2O/c1-12-9(10,11)7-8-5-3-2-4-6-8/h8H,2-7H2,1H3. The maximum absolute atomic E-state index is 12.7. The maximum atomic E-state index is 12.7. The molecule has 0 aromatic heterocycles. The van der Waals surface area contributed by atoms with Crippen molar-refractivity contribution in [1.82, 2.24) is 0 Å². The van der Waals surface area contributed by atoms with Gasteiger partial charge in [0, 0.05) is 13.5 Å². The van der Waals surface area contributed by atoms with E-state index in [0.29, 0.717) is 0 Å². The van der Waals surface area contributed by atoms with E-state index in [-0.39, 0.29) is 12.3 Å². The predicted octanol–water partition coefficient (Wildman–Crippen LogP) is 3.20. The summed E-state index contributed by atoms with van der Waals surface area (Å²) >= 11 is 0. The Morgan fingerprint density at radius 3 is 2.33 bits per heavy atom. The van der Waals surface area contributed by atoms with Crippen LogP contribution in [0.25, 0.3) is 0 Å². The summed E-state index contributed by atoms with van der Waals surface area (Å²) in [6.07, 6.45) is 2.30. The smallest absolute Gasteiger partial charge is 0.324 e. The third-order valence-corrected chi connectivity index (χ3v) is 2.55. The van der Waals surface area contributed by atoms with Crippen LogP contribution in [0.2, 0.25) is 0 Å². The van der Waals surface area contributed by atoms with Crippen molar-refractivity contribution in [2.75, 3.05) is 7.11 Å². The van der Waals surface area contributed by atoms with Crippen LogP contribution >= 0.6 is 0 Å². The molecule has 72 valence electrons. The molecule has 3 heteroatoms. The Morgan fingerprint density at radius 2 is 1.83 bits per heavy atom. The summed E-state index contributed by atoms with van der Waals surface area (Å²) in [7, 11) is 1.07. The summed E-state index contributed by atoms with van der Waals surface area (Å²) in [5.41, 5.74) is 0. The first-order valence-electron chi connectivity index (χ1n) is 4.57. The minimum Gasteiger partial charge on any atom is -0.324 e. The average Bonchev–Trinajstić information content (AvgIpc) is 2.06. The summed E-state index contributed by atoms with van der Waals surface area (Å²) in [5, 5.41) is 0. The van der Waals surface area contributed by atoms with Crippen LogP contribution in [-0.2, 0) is 4.74 Å². The number of ether oxygens (including phenoxy) is 1. The lowest BCUT2D eigenvalue weighted by Crippen LogP contribution is -2.24. The highest BCUT2D eigenvalue weighted by atomic mass is 19.3. The molecule has 0 aromatic rings. The minimum absolute atomic E-state index is 0.0937. The Hall–Kier alpha value is -0.180. The zero-order valence-corrected chi connectivity index (χ0v) is 7.48. The lowest BCUT2D eigenvalue weighted by atomic mass is 9.87. The van der Waals surface area contributed by atoms with Crippen molar-refractivity contribution in [2.24, 2.45) is 5.92 Å². The molecule has 1 aliphatic rings. The van der Waals surface area contributed by atoms with E-state index >= 15 is 0 Å². The zero-order valence-electron chi connectivity index (χ0n) is 7.48. The Balaban J connectivity index is 2.28. The van der Waals surface area contributed by atoms with Crippen LogP contribution < -0.4 is 0 Å². The van der Waals surface area contributed by atoms with Crippen molar-refractivity contribution in [2.45, 2.75) is 44.6 Å². The molecule has 0 aromatic carbocycles. The zero-order chi connectivity index (χ0) is 9.03. The summed E-state index contributed by atoms with van der Waals surface area (Å²) in [6.45, 7) is 0. The van der Waals surface area contributed by atoms with Gasteiger partial charge in [0.15, 0.2) is 0 Å². The lowest BCUT2D eigenvalue weighted by molar-refractivity contribution is -0.233. The highest BCUT2D eigenvalue weighted by molar-refractivity contribution is 4.69. The van der Waals surface area contributed by atoms with Gasteiger partial charge in [-0.2, -0.15) is 8.78 Å². The second kappa shape index (κ2) is 4.17. The Kier molecular flexibility index (Phi) is 3.44. The van der Waals surface area contributed by atoms with Crippen molar-refractivity contribution >= 4 is 0 Å². The Labute approximate surface area is 72.1 Å². The van der Waals surface area contributed by atoms with Gasteiger partial charge in [-0.15, -0.1) is 0 Å². The van der Waals surface area contributed by atoms with E-state index in [1.807, 2.05) is 0 Å². The second-order valence-corrected chi connectivity index (χ2v) is 3.55. The minimum atomic E-state index is -2.90. The third-order valence-electron chi connectivity index (χ3n) is 2.55. The van der Waals surface area contributed by atoms with Crippen LogP contribution in [0, 0.1) is 5.92 Å². The van der Waals surface area contributed by atoms with Crippen LogP contribution in [-0.4, -0.2) is 13.2 Å². The van der Waals surface area contributed by atoms with Gasteiger partial charge in [-0.3, -0.25) is 0 Å². The van der Waals surface area contributed by atoms with Gasteiger partial charge >= 0.3 is 6.11 Å². The molecule has 0 amide bonds. The van der Waals surface area contributed by atoms with Crippen molar-refractivity contribution in [3.05, 3.63) is 0 Å². The fourth-order valence-electron chi connectivity index (χ4n) is 1.81. The van der Waals surface area contributed by atoms with E-state index in [4.69, 9.17) is 0 Å². The summed E-state index contributed by atoms with van der Waals surface area (Å²) in [4.78, 5) is 0. The first-order chi connectivity index (χ1) is 5.64. The molecular formula is C9H16F2O. The highest BCUT2D eigenvalue weighted by Crippen LogP contribution is 2.33.